The van der Waals surface area contributed by atoms with E-state index < -0.39 is 0 Å². The van der Waals surface area contributed by atoms with Gasteiger partial charge in [0, 0.05) is 4.83 Å². The summed E-state index contributed by atoms with van der Waals surface area (Å²) in [4.78, 5) is 0.814. The summed E-state index contributed by atoms with van der Waals surface area (Å²) in [5.41, 5.74) is 0. The van der Waals surface area contributed by atoms with Crippen molar-refractivity contribution in [2.24, 2.45) is 23.7 Å². The Labute approximate surface area is 110 Å². The van der Waals surface area contributed by atoms with Crippen LogP contribution >= 0.6 is 15.9 Å². The van der Waals surface area contributed by atoms with Crippen LogP contribution in [0.2, 0.25) is 0 Å². The van der Waals surface area contributed by atoms with E-state index in [0.29, 0.717) is 0 Å². The molecule has 2 saturated carbocycles. The Balaban J connectivity index is 1.90. The Bertz CT molecular complexity index is 213. The molecule has 0 saturated heterocycles. The first-order valence-corrected chi connectivity index (χ1v) is 8.22. The molecule has 2 rings (SSSR count). The SMILES string of the molecule is CC1CCC(C2CCCCC(Br)C2)CC1C. The summed E-state index contributed by atoms with van der Waals surface area (Å²) in [6.45, 7) is 4.92. The van der Waals surface area contributed by atoms with Gasteiger partial charge in [0.25, 0.3) is 0 Å². The maximum atomic E-state index is 3.87. The predicted octanol–water partition coefficient (Wildman–Crippen LogP) is 5.40. The van der Waals surface area contributed by atoms with Crippen molar-refractivity contribution in [3.8, 4) is 0 Å². The first-order valence-electron chi connectivity index (χ1n) is 7.31. The van der Waals surface area contributed by atoms with Crippen molar-refractivity contribution in [1.29, 1.82) is 0 Å². The van der Waals surface area contributed by atoms with Gasteiger partial charge in [-0.1, -0.05) is 55.5 Å². The number of hydrogen-bond donors (Lipinski definition) is 0. The first kappa shape index (κ1) is 12.9. The molecule has 0 bridgehead atoms. The highest BCUT2D eigenvalue weighted by Crippen LogP contribution is 2.42. The third kappa shape index (κ3) is 3.24. The van der Waals surface area contributed by atoms with Gasteiger partial charge in [-0.2, -0.15) is 0 Å². The molecule has 5 atom stereocenters. The average Bonchev–Trinajstić information content (AvgIpc) is 2.47. The average molecular weight is 287 g/mol. The fraction of sp³-hybridized carbons (Fsp3) is 1.00. The van der Waals surface area contributed by atoms with Crippen molar-refractivity contribution in [1.82, 2.24) is 0 Å². The van der Waals surface area contributed by atoms with Crippen LogP contribution in [0.4, 0.5) is 0 Å². The lowest BCUT2D eigenvalue weighted by Gasteiger charge is -2.37. The normalized spacial score (nSPS) is 46.3. The van der Waals surface area contributed by atoms with Gasteiger partial charge in [-0.3, -0.25) is 0 Å². The van der Waals surface area contributed by atoms with Gasteiger partial charge in [-0.25, -0.2) is 0 Å². The minimum absolute atomic E-state index is 0.814. The van der Waals surface area contributed by atoms with Crippen molar-refractivity contribution >= 4 is 15.9 Å². The van der Waals surface area contributed by atoms with E-state index in [4.69, 9.17) is 0 Å². The third-order valence-electron chi connectivity index (χ3n) is 5.21. The minimum atomic E-state index is 0.814. The number of rotatable bonds is 1. The van der Waals surface area contributed by atoms with Crippen molar-refractivity contribution < 1.29 is 0 Å². The Hall–Kier alpha value is 0.480. The Morgan fingerprint density at radius 3 is 2.19 bits per heavy atom. The zero-order chi connectivity index (χ0) is 11.5. The van der Waals surface area contributed by atoms with Crippen LogP contribution < -0.4 is 0 Å². The minimum Gasteiger partial charge on any atom is -0.0891 e. The highest BCUT2D eigenvalue weighted by molar-refractivity contribution is 9.09. The molecule has 0 nitrogen and oxygen atoms in total. The zero-order valence-electron chi connectivity index (χ0n) is 10.9. The Morgan fingerprint density at radius 1 is 0.750 bits per heavy atom. The lowest BCUT2D eigenvalue weighted by Crippen LogP contribution is -2.27. The molecule has 0 aliphatic heterocycles. The molecule has 0 aromatic rings. The van der Waals surface area contributed by atoms with Crippen molar-refractivity contribution in [2.45, 2.75) is 70.0 Å². The zero-order valence-corrected chi connectivity index (χ0v) is 12.5. The molecule has 16 heavy (non-hydrogen) atoms. The van der Waals surface area contributed by atoms with Crippen LogP contribution in [0.25, 0.3) is 0 Å². The summed E-state index contributed by atoms with van der Waals surface area (Å²) in [5.74, 6) is 4.02. The van der Waals surface area contributed by atoms with Crippen LogP contribution in [0.1, 0.15) is 65.2 Å². The van der Waals surface area contributed by atoms with Gasteiger partial charge in [-0.05, 0) is 49.4 Å². The van der Waals surface area contributed by atoms with Crippen LogP contribution in [-0.2, 0) is 0 Å². The quantitative estimate of drug-likeness (QED) is 0.447. The van der Waals surface area contributed by atoms with Gasteiger partial charge in [0.2, 0.25) is 0 Å². The predicted molar refractivity (Wildman–Crippen MR) is 75.0 cm³/mol. The van der Waals surface area contributed by atoms with E-state index in [-0.39, 0.29) is 0 Å². The van der Waals surface area contributed by atoms with E-state index >= 15 is 0 Å². The van der Waals surface area contributed by atoms with Crippen molar-refractivity contribution in [3.05, 3.63) is 0 Å². The van der Waals surface area contributed by atoms with Gasteiger partial charge in [0.05, 0.1) is 0 Å². The summed E-state index contributed by atoms with van der Waals surface area (Å²) >= 11 is 3.87. The highest BCUT2D eigenvalue weighted by Gasteiger charge is 2.31. The number of hydrogen-bond acceptors (Lipinski definition) is 0. The van der Waals surface area contributed by atoms with Crippen molar-refractivity contribution in [2.75, 3.05) is 0 Å². The van der Waals surface area contributed by atoms with Gasteiger partial charge in [0.15, 0.2) is 0 Å². The fourth-order valence-corrected chi connectivity index (χ4v) is 4.59. The summed E-state index contributed by atoms with van der Waals surface area (Å²) in [6, 6.07) is 0. The molecule has 1 heteroatoms. The van der Waals surface area contributed by atoms with Gasteiger partial charge >= 0.3 is 0 Å². The number of halogens is 1. The second-order valence-electron chi connectivity index (χ2n) is 6.41. The molecule has 0 aromatic carbocycles. The standard InChI is InChI=1S/C15H27Br/c1-11-7-8-14(9-12(11)2)13-5-3-4-6-15(16)10-13/h11-15H,3-10H2,1-2H3. The van der Waals surface area contributed by atoms with E-state index in [1.807, 2.05) is 0 Å². The van der Waals surface area contributed by atoms with E-state index in [1.54, 1.807) is 0 Å². The molecule has 0 spiro atoms. The van der Waals surface area contributed by atoms with Crippen LogP contribution in [0, 0.1) is 23.7 Å². The van der Waals surface area contributed by atoms with Gasteiger partial charge < -0.3 is 0 Å². The van der Waals surface area contributed by atoms with E-state index in [9.17, 15) is 0 Å². The summed E-state index contributed by atoms with van der Waals surface area (Å²) < 4.78 is 0. The Morgan fingerprint density at radius 2 is 1.44 bits per heavy atom. The smallest absolute Gasteiger partial charge is 0.0148 e. The molecule has 0 heterocycles. The van der Waals surface area contributed by atoms with E-state index in [0.717, 1.165) is 28.5 Å². The molecule has 0 aromatic heterocycles. The Kier molecular flexibility index (Phi) is 4.76. The van der Waals surface area contributed by atoms with Crippen molar-refractivity contribution in [3.63, 3.8) is 0 Å². The third-order valence-corrected chi connectivity index (χ3v) is 6.04. The first-order chi connectivity index (χ1) is 7.66. The van der Waals surface area contributed by atoms with E-state index in [2.05, 4.69) is 29.8 Å². The van der Waals surface area contributed by atoms with Crippen LogP contribution in [0.15, 0.2) is 0 Å². The molecule has 5 unspecified atom stereocenters. The molecule has 94 valence electrons. The van der Waals surface area contributed by atoms with E-state index in [1.165, 1.54) is 51.4 Å². The second-order valence-corrected chi connectivity index (χ2v) is 7.70. The molecule has 0 N–H and O–H groups in total. The highest BCUT2D eigenvalue weighted by atomic mass is 79.9. The monoisotopic (exact) mass is 286 g/mol. The maximum Gasteiger partial charge on any atom is 0.0148 e. The van der Waals surface area contributed by atoms with Crippen LogP contribution in [0.3, 0.4) is 0 Å². The molecule has 0 amide bonds. The summed E-state index contributed by atoms with van der Waals surface area (Å²) in [7, 11) is 0. The molecular formula is C15H27Br. The maximum absolute atomic E-state index is 3.87. The summed E-state index contributed by atoms with van der Waals surface area (Å²) in [5, 5.41) is 0. The lowest BCUT2D eigenvalue weighted by atomic mass is 9.69. The molecule has 0 radical (unpaired) electrons. The fourth-order valence-electron chi connectivity index (χ4n) is 3.78. The molecule has 2 aliphatic carbocycles. The van der Waals surface area contributed by atoms with Gasteiger partial charge in [-0.15, -0.1) is 0 Å². The topological polar surface area (TPSA) is 0 Å². The van der Waals surface area contributed by atoms with Crippen LogP contribution in [0.5, 0.6) is 0 Å². The summed E-state index contributed by atoms with van der Waals surface area (Å²) in [6.07, 6.45) is 11.8. The lowest BCUT2D eigenvalue weighted by molar-refractivity contribution is 0.147. The molecule has 2 fully saturated rings. The largest absolute Gasteiger partial charge is 0.0891 e. The van der Waals surface area contributed by atoms with Crippen LogP contribution in [-0.4, -0.2) is 4.83 Å². The molecule has 2 aliphatic rings. The number of alkyl halides is 1. The van der Waals surface area contributed by atoms with Gasteiger partial charge in [0.1, 0.15) is 0 Å². The second kappa shape index (κ2) is 5.89. The molecular weight excluding hydrogens is 260 g/mol.